The van der Waals surface area contributed by atoms with Crippen molar-refractivity contribution in [3.05, 3.63) is 0 Å². The molecule has 0 aromatic carbocycles. The highest BCUT2D eigenvalue weighted by Crippen LogP contribution is 2.46. The van der Waals surface area contributed by atoms with Crippen LogP contribution >= 0.6 is 0 Å². The van der Waals surface area contributed by atoms with E-state index in [4.69, 9.17) is 0 Å². The Hall–Kier alpha value is -0.0900. The molecule has 4 heteroatoms. The van der Waals surface area contributed by atoms with Gasteiger partial charge in [-0.3, -0.25) is 0 Å². The second kappa shape index (κ2) is 1.98. The highest BCUT2D eigenvalue weighted by Gasteiger charge is 2.51. The molecule has 64 valence electrons. The SMILES string of the molecule is O=S1(=O)CCC(C2(O)CC2)C1. The third kappa shape index (κ3) is 1.29. The van der Waals surface area contributed by atoms with Crippen LogP contribution in [0.3, 0.4) is 0 Å². The molecule has 0 aromatic heterocycles. The summed E-state index contributed by atoms with van der Waals surface area (Å²) in [5.41, 5.74) is -0.594. The van der Waals surface area contributed by atoms with E-state index in [0.717, 1.165) is 12.8 Å². The van der Waals surface area contributed by atoms with Crippen LogP contribution in [0, 0.1) is 5.92 Å². The predicted octanol–water partition coefficient (Wildman–Crippen LogP) is -0.0540. The molecule has 3 nitrogen and oxygen atoms in total. The van der Waals surface area contributed by atoms with Crippen LogP contribution in [0.15, 0.2) is 0 Å². The monoisotopic (exact) mass is 176 g/mol. The Bertz CT molecular complexity index is 263. The fourth-order valence-electron chi connectivity index (χ4n) is 1.76. The van der Waals surface area contributed by atoms with Crippen LogP contribution in [0.5, 0.6) is 0 Å². The van der Waals surface area contributed by atoms with Crippen molar-refractivity contribution >= 4 is 9.84 Å². The highest BCUT2D eigenvalue weighted by molar-refractivity contribution is 7.91. The minimum absolute atomic E-state index is 0.0347. The molecule has 2 aliphatic rings. The van der Waals surface area contributed by atoms with Gasteiger partial charge in [0.05, 0.1) is 17.1 Å². The normalized spacial score (nSPS) is 38.8. The lowest BCUT2D eigenvalue weighted by Gasteiger charge is -2.13. The smallest absolute Gasteiger partial charge is 0.150 e. The third-order valence-corrected chi connectivity index (χ3v) is 4.52. The van der Waals surface area contributed by atoms with Crippen molar-refractivity contribution in [3.8, 4) is 0 Å². The van der Waals surface area contributed by atoms with Crippen molar-refractivity contribution in [2.75, 3.05) is 11.5 Å². The summed E-state index contributed by atoms with van der Waals surface area (Å²) >= 11 is 0. The number of sulfone groups is 1. The maximum atomic E-state index is 11.0. The quantitative estimate of drug-likeness (QED) is 0.609. The van der Waals surface area contributed by atoms with Gasteiger partial charge in [-0.15, -0.1) is 0 Å². The van der Waals surface area contributed by atoms with Gasteiger partial charge >= 0.3 is 0 Å². The van der Waals surface area contributed by atoms with E-state index < -0.39 is 15.4 Å². The minimum Gasteiger partial charge on any atom is -0.390 e. The molecule has 0 amide bonds. The first kappa shape index (κ1) is 7.55. The Kier molecular flexibility index (Phi) is 1.36. The lowest BCUT2D eigenvalue weighted by Crippen LogP contribution is -2.22. The molecule has 2 fully saturated rings. The Balaban J connectivity index is 2.11. The van der Waals surface area contributed by atoms with E-state index >= 15 is 0 Å². The van der Waals surface area contributed by atoms with E-state index in [-0.39, 0.29) is 17.4 Å². The standard InChI is InChI=1S/C7H12O3S/c8-7(2-3-7)6-1-4-11(9,10)5-6/h6,8H,1-5H2. The molecule has 0 bridgehead atoms. The van der Waals surface area contributed by atoms with E-state index in [1.165, 1.54) is 0 Å². The maximum absolute atomic E-state index is 11.0. The largest absolute Gasteiger partial charge is 0.390 e. The van der Waals surface area contributed by atoms with Crippen LogP contribution in [-0.4, -0.2) is 30.6 Å². The maximum Gasteiger partial charge on any atom is 0.150 e. The molecular formula is C7H12O3S. The average molecular weight is 176 g/mol. The molecule has 1 saturated carbocycles. The predicted molar refractivity (Wildman–Crippen MR) is 40.9 cm³/mol. The summed E-state index contributed by atoms with van der Waals surface area (Å²) in [4.78, 5) is 0. The summed E-state index contributed by atoms with van der Waals surface area (Å²) in [7, 11) is -2.80. The molecule has 1 saturated heterocycles. The van der Waals surface area contributed by atoms with Gasteiger partial charge in [-0.25, -0.2) is 8.42 Å². The lowest BCUT2D eigenvalue weighted by molar-refractivity contribution is 0.0941. The first-order valence-electron chi connectivity index (χ1n) is 3.95. The van der Waals surface area contributed by atoms with Gasteiger partial charge in [0.25, 0.3) is 0 Å². The fourth-order valence-corrected chi connectivity index (χ4v) is 3.66. The van der Waals surface area contributed by atoms with E-state index in [2.05, 4.69) is 0 Å². The van der Waals surface area contributed by atoms with Crippen LogP contribution in [0.25, 0.3) is 0 Å². The zero-order valence-corrected chi connectivity index (χ0v) is 7.10. The first-order chi connectivity index (χ1) is 5.02. The molecule has 1 aliphatic carbocycles. The topological polar surface area (TPSA) is 54.4 Å². The summed E-state index contributed by atoms with van der Waals surface area (Å²) < 4.78 is 22.0. The van der Waals surface area contributed by atoms with Crippen molar-refractivity contribution in [1.29, 1.82) is 0 Å². The van der Waals surface area contributed by atoms with Crippen molar-refractivity contribution in [3.63, 3.8) is 0 Å². The molecular weight excluding hydrogens is 164 g/mol. The molecule has 1 unspecified atom stereocenters. The van der Waals surface area contributed by atoms with Crippen LogP contribution in [0.2, 0.25) is 0 Å². The van der Waals surface area contributed by atoms with Crippen molar-refractivity contribution < 1.29 is 13.5 Å². The number of aliphatic hydroxyl groups is 1. The Labute approximate surface area is 66.3 Å². The van der Waals surface area contributed by atoms with Gasteiger partial charge in [0.2, 0.25) is 0 Å². The van der Waals surface area contributed by atoms with Crippen molar-refractivity contribution in [1.82, 2.24) is 0 Å². The zero-order valence-electron chi connectivity index (χ0n) is 6.28. The average Bonchev–Trinajstić information content (AvgIpc) is 2.51. The Morgan fingerprint density at radius 1 is 1.36 bits per heavy atom. The molecule has 1 aliphatic heterocycles. The fraction of sp³-hybridized carbons (Fsp3) is 1.00. The molecule has 1 heterocycles. The summed E-state index contributed by atoms with van der Waals surface area (Å²) in [6.45, 7) is 0. The van der Waals surface area contributed by atoms with Crippen LogP contribution < -0.4 is 0 Å². The Morgan fingerprint density at radius 2 is 2.00 bits per heavy atom. The van der Waals surface area contributed by atoms with Gasteiger partial charge in [-0.2, -0.15) is 0 Å². The van der Waals surface area contributed by atoms with Gasteiger partial charge in [-0.1, -0.05) is 0 Å². The molecule has 11 heavy (non-hydrogen) atoms. The molecule has 1 N–H and O–H groups in total. The molecule has 0 spiro atoms. The van der Waals surface area contributed by atoms with Gasteiger partial charge < -0.3 is 5.11 Å². The summed E-state index contributed by atoms with van der Waals surface area (Å²) in [5.74, 6) is 0.524. The Morgan fingerprint density at radius 3 is 2.36 bits per heavy atom. The van der Waals surface area contributed by atoms with E-state index in [1.54, 1.807) is 0 Å². The van der Waals surface area contributed by atoms with Crippen molar-refractivity contribution in [2.45, 2.75) is 24.9 Å². The number of hydrogen-bond acceptors (Lipinski definition) is 3. The molecule has 2 rings (SSSR count). The first-order valence-corrected chi connectivity index (χ1v) is 5.77. The van der Waals surface area contributed by atoms with E-state index in [9.17, 15) is 13.5 Å². The van der Waals surface area contributed by atoms with E-state index in [1.807, 2.05) is 0 Å². The molecule has 0 aromatic rings. The summed E-state index contributed by atoms with van der Waals surface area (Å²) in [5, 5.41) is 9.60. The highest BCUT2D eigenvalue weighted by atomic mass is 32.2. The van der Waals surface area contributed by atoms with Crippen LogP contribution in [-0.2, 0) is 9.84 Å². The van der Waals surface area contributed by atoms with Crippen molar-refractivity contribution in [2.24, 2.45) is 5.92 Å². The molecule has 0 radical (unpaired) electrons. The number of rotatable bonds is 1. The van der Waals surface area contributed by atoms with Gasteiger partial charge in [-0.05, 0) is 19.3 Å². The zero-order chi connectivity index (χ0) is 8.11. The summed E-state index contributed by atoms with van der Waals surface area (Å²) in [6, 6.07) is 0. The van der Waals surface area contributed by atoms with Gasteiger partial charge in [0.1, 0.15) is 0 Å². The van der Waals surface area contributed by atoms with E-state index in [0.29, 0.717) is 6.42 Å². The van der Waals surface area contributed by atoms with Gasteiger partial charge in [0.15, 0.2) is 9.84 Å². The second-order valence-electron chi connectivity index (χ2n) is 3.70. The lowest BCUT2D eigenvalue weighted by atomic mass is 10.0. The summed E-state index contributed by atoms with van der Waals surface area (Å²) in [6.07, 6.45) is 2.26. The van der Waals surface area contributed by atoms with Crippen LogP contribution in [0.4, 0.5) is 0 Å². The minimum atomic E-state index is -2.80. The third-order valence-electron chi connectivity index (χ3n) is 2.75. The van der Waals surface area contributed by atoms with Crippen LogP contribution in [0.1, 0.15) is 19.3 Å². The second-order valence-corrected chi connectivity index (χ2v) is 5.93. The van der Waals surface area contributed by atoms with Gasteiger partial charge in [0, 0.05) is 5.92 Å². The molecule has 1 atom stereocenters. The number of hydrogen-bond donors (Lipinski definition) is 1.